The van der Waals surface area contributed by atoms with Crippen LogP contribution >= 0.6 is 35.3 Å². The summed E-state index contributed by atoms with van der Waals surface area (Å²) < 4.78 is 5.51. The lowest BCUT2D eigenvalue weighted by atomic mass is 10.2. The number of aliphatic hydroxyl groups excluding tert-OH is 1. The second-order valence-electron chi connectivity index (χ2n) is 6.50. The number of rotatable bonds is 8. The molecule has 26 heavy (non-hydrogen) atoms. The van der Waals surface area contributed by atoms with Gasteiger partial charge in [-0.05, 0) is 31.9 Å². The van der Waals surface area contributed by atoms with Crippen LogP contribution in [0.5, 0.6) is 0 Å². The van der Waals surface area contributed by atoms with Crippen LogP contribution in [-0.2, 0) is 4.74 Å². The molecule has 0 aromatic carbocycles. The molecule has 2 atom stereocenters. The number of aliphatic imine (C=N–C) groups is 1. The maximum atomic E-state index is 9.19. The van der Waals surface area contributed by atoms with Crippen molar-refractivity contribution in [3.63, 3.8) is 0 Å². The molecule has 8 heteroatoms. The van der Waals surface area contributed by atoms with Gasteiger partial charge < -0.3 is 20.5 Å². The Kier molecular flexibility index (Phi) is 11.7. The molecule has 0 aliphatic carbocycles. The quantitative estimate of drug-likeness (QED) is 0.293. The van der Waals surface area contributed by atoms with Crippen molar-refractivity contribution >= 4 is 41.3 Å². The molecule has 2 rings (SSSR count). The molecule has 2 unspecified atom stereocenters. The van der Waals surface area contributed by atoms with Gasteiger partial charge in [-0.2, -0.15) is 0 Å². The molecule has 0 bridgehead atoms. The Bertz CT molecular complexity index is 535. The SMILES string of the molecule is CCNC(=NCC(C)CO)NCC(c1ccc(C)s1)N1CCOCC1.I. The highest BCUT2D eigenvalue weighted by Gasteiger charge is 2.24. The number of aryl methyl sites for hydroxylation is 1. The van der Waals surface area contributed by atoms with E-state index in [-0.39, 0.29) is 36.5 Å². The van der Waals surface area contributed by atoms with Gasteiger partial charge >= 0.3 is 0 Å². The van der Waals surface area contributed by atoms with E-state index in [9.17, 15) is 5.11 Å². The second-order valence-corrected chi connectivity index (χ2v) is 7.82. The molecular weight excluding hydrogens is 463 g/mol. The highest BCUT2D eigenvalue weighted by Crippen LogP contribution is 2.27. The first-order chi connectivity index (χ1) is 12.1. The number of guanidine groups is 1. The monoisotopic (exact) mass is 496 g/mol. The van der Waals surface area contributed by atoms with Gasteiger partial charge in [-0.15, -0.1) is 35.3 Å². The summed E-state index contributed by atoms with van der Waals surface area (Å²) in [4.78, 5) is 9.80. The van der Waals surface area contributed by atoms with E-state index in [1.165, 1.54) is 9.75 Å². The molecule has 1 aliphatic rings. The number of aliphatic hydroxyl groups is 1. The molecule has 1 aromatic rings. The van der Waals surface area contributed by atoms with Crippen LogP contribution in [0.1, 0.15) is 29.6 Å². The number of nitrogens with one attached hydrogen (secondary N) is 2. The number of thiophene rings is 1. The number of ether oxygens (including phenoxy) is 1. The van der Waals surface area contributed by atoms with Gasteiger partial charge in [-0.3, -0.25) is 9.89 Å². The standard InChI is InChI=1S/C18H32N4O2S.HI/c1-4-19-18(20-11-14(2)13-23)21-12-16(17-6-5-15(3)25-17)22-7-9-24-10-8-22;/h5-6,14,16,23H,4,7-13H2,1-3H3,(H2,19,20,21);1H. The highest BCUT2D eigenvalue weighted by atomic mass is 127. The minimum absolute atomic E-state index is 0. The number of nitrogens with zero attached hydrogens (tertiary/aromatic N) is 2. The summed E-state index contributed by atoms with van der Waals surface area (Å²) in [6, 6.07) is 4.75. The van der Waals surface area contributed by atoms with Crippen LogP contribution in [0.2, 0.25) is 0 Å². The van der Waals surface area contributed by atoms with E-state index in [4.69, 9.17) is 4.74 Å². The fraction of sp³-hybridized carbons (Fsp3) is 0.722. The van der Waals surface area contributed by atoms with Gasteiger partial charge in [0, 0.05) is 49.1 Å². The maximum absolute atomic E-state index is 9.19. The number of hydrogen-bond acceptors (Lipinski definition) is 5. The predicted octanol–water partition coefficient (Wildman–Crippen LogP) is 2.23. The van der Waals surface area contributed by atoms with Gasteiger partial charge in [0.1, 0.15) is 0 Å². The zero-order valence-electron chi connectivity index (χ0n) is 16.0. The summed E-state index contributed by atoms with van der Waals surface area (Å²) in [6.07, 6.45) is 0. The van der Waals surface area contributed by atoms with Crippen molar-refractivity contribution in [1.82, 2.24) is 15.5 Å². The van der Waals surface area contributed by atoms with E-state index in [1.807, 2.05) is 18.3 Å². The summed E-state index contributed by atoms with van der Waals surface area (Å²) in [7, 11) is 0. The van der Waals surface area contributed by atoms with E-state index in [0.717, 1.165) is 45.4 Å². The minimum atomic E-state index is 0. The van der Waals surface area contributed by atoms with Crippen LogP contribution in [-0.4, -0.2) is 68.5 Å². The van der Waals surface area contributed by atoms with Crippen LogP contribution in [0.4, 0.5) is 0 Å². The van der Waals surface area contributed by atoms with Gasteiger partial charge in [0.25, 0.3) is 0 Å². The first-order valence-corrected chi connectivity index (χ1v) is 9.96. The van der Waals surface area contributed by atoms with Crippen molar-refractivity contribution in [2.24, 2.45) is 10.9 Å². The van der Waals surface area contributed by atoms with Crippen LogP contribution in [0.25, 0.3) is 0 Å². The van der Waals surface area contributed by atoms with Crippen molar-refractivity contribution in [2.45, 2.75) is 26.8 Å². The molecule has 6 nitrogen and oxygen atoms in total. The molecule has 0 radical (unpaired) electrons. The van der Waals surface area contributed by atoms with Crippen LogP contribution < -0.4 is 10.6 Å². The Labute approximate surface area is 178 Å². The molecule has 1 aromatic heterocycles. The fourth-order valence-electron chi connectivity index (χ4n) is 2.77. The highest BCUT2D eigenvalue weighted by molar-refractivity contribution is 14.0. The van der Waals surface area contributed by atoms with Crippen molar-refractivity contribution in [2.75, 3.05) is 52.5 Å². The Hall–Kier alpha value is -0.420. The van der Waals surface area contributed by atoms with Crippen molar-refractivity contribution in [3.05, 3.63) is 21.9 Å². The molecule has 150 valence electrons. The third kappa shape index (κ3) is 7.67. The molecule has 0 saturated carbocycles. The second kappa shape index (κ2) is 12.9. The van der Waals surface area contributed by atoms with E-state index in [0.29, 0.717) is 12.6 Å². The van der Waals surface area contributed by atoms with Crippen LogP contribution in [0, 0.1) is 12.8 Å². The van der Waals surface area contributed by atoms with Gasteiger partial charge in [0.2, 0.25) is 0 Å². The lowest BCUT2D eigenvalue weighted by molar-refractivity contribution is 0.0177. The zero-order valence-corrected chi connectivity index (χ0v) is 19.2. The maximum Gasteiger partial charge on any atom is 0.191 e. The smallest absolute Gasteiger partial charge is 0.191 e. The molecule has 3 N–H and O–H groups in total. The summed E-state index contributed by atoms with van der Waals surface area (Å²) in [6.45, 7) is 12.1. The lowest BCUT2D eigenvalue weighted by Crippen LogP contribution is -2.46. The lowest BCUT2D eigenvalue weighted by Gasteiger charge is -2.34. The average Bonchev–Trinajstić information content (AvgIpc) is 3.06. The average molecular weight is 496 g/mol. The van der Waals surface area contributed by atoms with Gasteiger partial charge in [-0.1, -0.05) is 6.92 Å². The predicted molar refractivity (Wildman–Crippen MR) is 120 cm³/mol. The summed E-state index contributed by atoms with van der Waals surface area (Å²) in [5.74, 6) is 0.986. The minimum Gasteiger partial charge on any atom is -0.396 e. The van der Waals surface area contributed by atoms with Crippen molar-refractivity contribution in [1.29, 1.82) is 0 Å². The molecule has 2 heterocycles. The van der Waals surface area contributed by atoms with Gasteiger partial charge in [0.05, 0.1) is 19.3 Å². The third-order valence-corrected chi connectivity index (χ3v) is 5.36. The van der Waals surface area contributed by atoms with E-state index < -0.39 is 0 Å². The van der Waals surface area contributed by atoms with E-state index in [2.05, 4.69) is 46.5 Å². The third-order valence-electron chi connectivity index (χ3n) is 4.26. The first-order valence-electron chi connectivity index (χ1n) is 9.15. The summed E-state index contributed by atoms with van der Waals surface area (Å²) in [5, 5.41) is 16.0. The van der Waals surface area contributed by atoms with Crippen molar-refractivity contribution < 1.29 is 9.84 Å². The normalized spacial score (nSPS) is 18.1. The molecule has 0 amide bonds. The van der Waals surface area contributed by atoms with Gasteiger partial charge in [0.15, 0.2) is 5.96 Å². The number of halogens is 1. The van der Waals surface area contributed by atoms with Crippen LogP contribution in [0.15, 0.2) is 17.1 Å². The summed E-state index contributed by atoms with van der Waals surface area (Å²) >= 11 is 1.86. The van der Waals surface area contributed by atoms with E-state index in [1.54, 1.807) is 0 Å². The molecular formula is C18H33IN4O2S. The topological polar surface area (TPSA) is 69.1 Å². The molecule has 1 aliphatic heterocycles. The Balaban J connectivity index is 0.00000338. The Morgan fingerprint density at radius 2 is 2.08 bits per heavy atom. The fourth-order valence-corrected chi connectivity index (χ4v) is 3.78. The number of hydrogen-bond donors (Lipinski definition) is 3. The zero-order chi connectivity index (χ0) is 18.1. The first kappa shape index (κ1) is 23.6. The summed E-state index contributed by atoms with van der Waals surface area (Å²) in [5.41, 5.74) is 0. The Morgan fingerprint density at radius 3 is 2.65 bits per heavy atom. The van der Waals surface area contributed by atoms with E-state index >= 15 is 0 Å². The number of morpholine rings is 1. The molecule has 0 spiro atoms. The largest absolute Gasteiger partial charge is 0.396 e. The Morgan fingerprint density at radius 1 is 1.35 bits per heavy atom. The van der Waals surface area contributed by atoms with Gasteiger partial charge in [-0.25, -0.2) is 0 Å². The molecule has 1 fully saturated rings. The van der Waals surface area contributed by atoms with Crippen LogP contribution in [0.3, 0.4) is 0 Å². The van der Waals surface area contributed by atoms with Crippen molar-refractivity contribution in [3.8, 4) is 0 Å². The molecule has 1 saturated heterocycles.